The molecule has 0 radical (unpaired) electrons. The van der Waals surface area contributed by atoms with E-state index in [1.54, 1.807) is 0 Å². The molecular weight excluding hydrogens is 308 g/mol. The zero-order valence-corrected chi connectivity index (χ0v) is 15.2. The number of likely N-dealkylation sites (tertiary alicyclic amines) is 1. The van der Waals surface area contributed by atoms with Gasteiger partial charge in [-0.2, -0.15) is 0 Å². The fraction of sp³-hybridized carbons (Fsp3) is 0.500. The first-order valence-corrected chi connectivity index (χ1v) is 9.74. The van der Waals surface area contributed by atoms with Gasteiger partial charge in [0.25, 0.3) is 5.91 Å². The number of benzene rings is 2. The van der Waals surface area contributed by atoms with E-state index in [4.69, 9.17) is 0 Å². The first kappa shape index (κ1) is 16.6. The van der Waals surface area contributed by atoms with Crippen LogP contribution in [0.5, 0.6) is 0 Å². The quantitative estimate of drug-likeness (QED) is 0.833. The number of likely N-dealkylation sites (N-methyl/N-ethyl adjacent to an activating group) is 1. The van der Waals surface area contributed by atoms with Gasteiger partial charge in [-0.1, -0.05) is 49.2 Å². The Balaban J connectivity index is 1.61. The minimum absolute atomic E-state index is 0.174. The SMILES string of the molecule is CN(C(=O)c1cccc2ccccc12)C1CCCC[C@H]1N1CCCC1. The van der Waals surface area contributed by atoms with E-state index >= 15 is 0 Å². The number of hydrogen-bond donors (Lipinski definition) is 0. The molecule has 2 aliphatic rings. The van der Waals surface area contributed by atoms with Gasteiger partial charge in [-0.15, -0.1) is 0 Å². The highest BCUT2D eigenvalue weighted by Gasteiger charge is 2.35. The van der Waals surface area contributed by atoms with Crippen LogP contribution in [0.4, 0.5) is 0 Å². The van der Waals surface area contributed by atoms with Crippen molar-refractivity contribution in [3.8, 4) is 0 Å². The Morgan fingerprint density at radius 2 is 1.68 bits per heavy atom. The summed E-state index contributed by atoms with van der Waals surface area (Å²) in [6.45, 7) is 2.41. The molecular formula is C22H28N2O. The van der Waals surface area contributed by atoms with Gasteiger partial charge in [0.1, 0.15) is 0 Å². The summed E-state index contributed by atoms with van der Waals surface area (Å²) < 4.78 is 0. The second kappa shape index (κ2) is 7.17. The summed E-state index contributed by atoms with van der Waals surface area (Å²) in [4.78, 5) is 18.0. The van der Waals surface area contributed by atoms with Gasteiger partial charge in [0.15, 0.2) is 0 Å². The van der Waals surface area contributed by atoms with Gasteiger partial charge in [0.2, 0.25) is 0 Å². The van der Waals surface area contributed by atoms with Crippen molar-refractivity contribution in [2.75, 3.05) is 20.1 Å². The van der Waals surface area contributed by atoms with Gasteiger partial charge in [0.05, 0.1) is 0 Å². The summed E-state index contributed by atoms with van der Waals surface area (Å²) >= 11 is 0. The van der Waals surface area contributed by atoms with Crippen molar-refractivity contribution in [3.63, 3.8) is 0 Å². The molecule has 0 bridgehead atoms. The van der Waals surface area contributed by atoms with E-state index < -0.39 is 0 Å². The number of hydrogen-bond acceptors (Lipinski definition) is 2. The van der Waals surface area contributed by atoms with Crippen LogP contribution in [-0.4, -0.2) is 47.9 Å². The maximum atomic E-state index is 13.3. The third-order valence-electron chi connectivity index (χ3n) is 6.14. The molecule has 1 amide bonds. The zero-order valence-electron chi connectivity index (χ0n) is 15.2. The smallest absolute Gasteiger partial charge is 0.254 e. The minimum atomic E-state index is 0.174. The lowest BCUT2D eigenvalue weighted by Gasteiger charge is -2.42. The van der Waals surface area contributed by atoms with Crippen molar-refractivity contribution >= 4 is 16.7 Å². The Hall–Kier alpha value is -1.87. The number of carbonyl (C=O) groups excluding carboxylic acids is 1. The number of rotatable bonds is 3. The molecule has 2 atom stereocenters. The van der Waals surface area contributed by atoms with Crippen LogP contribution in [0.25, 0.3) is 10.8 Å². The summed E-state index contributed by atoms with van der Waals surface area (Å²) in [6.07, 6.45) is 7.52. The van der Waals surface area contributed by atoms with E-state index in [-0.39, 0.29) is 5.91 Å². The molecule has 3 nitrogen and oxygen atoms in total. The lowest BCUT2D eigenvalue weighted by molar-refractivity contribution is 0.0498. The van der Waals surface area contributed by atoms with E-state index in [2.05, 4.69) is 23.1 Å². The highest BCUT2D eigenvalue weighted by atomic mass is 16.2. The molecule has 25 heavy (non-hydrogen) atoms. The van der Waals surface area contributed by atoms with Crippen LogP contribution in [0.2, 0.25) is 0 Å². The predicted molar refractivity (Wildman–Crippen MR) is 103 cm³/mol. The van der Waals surface area contributed by atoms with Crippen molar-refractivity contribution < 1.29 is 4.79 Å². The van der Waals surface area contributed by atoms with E-state index in [0.717, 1.165) is 22.8 Å². The van der Waals surface area contributed by atoms with E-state index in [1.807, 2.05) is 36.2 Å². The summed E-state index contributed by atoms with van der Waals surface area (Å²) in [5.41, 5.74) is 0.839. The highest BCUT2D eigenvalue weighted by molar-refractivity contribution is 6.07. The van der Waals surface area contributed by atoms with Gasteiger partial charge in [0, 0.05) is 24.7 Å². The molecule has 4 rings (SSSR count). The average molecular weight is 336 g/mol. The summed E-state index contributed by atoms with van der Waals surface area (Å²) in [7, 11) is 2.02. The van der Waals surface area contributed by atoms with E-state index in [0.29, 0.717) is 12.1 Å². The second-order valence-electron chi connectivity index (χ2n) is 7.60. The third-order valence-corrected chi connectivity index (χ3v) is 6.14. The van der Waals surface area contributed by atoms with Crippen LogP contribution in [0.1, 0.15) is 48.9 Å². The van der Waals surface area contributed by atoms with Crippen LogP contribution >= 0.6 is 0 Å². The maximum absolute atomic E-state index is 13.3. The molecule has 0 spiro atoms. The average Bonchev–Trinajstić information content (AvgIpc) is 3.21. The second-order valence-corrected chi connectivity index (χ2v) is 7.60. The molecule has 0 aromatic heterocycles. The molecule has 1 heterocycles. The van der Waals surface area contributed by atoms with Crippen molar-refractivity contribution in [3.05, 3.63) is 48.0 Å². The fourth-order valence-electron chi connectivity index (χ4n) is 4.80. The molecule has 0 N–H and O–H groups in total. The molecule has 1 aliphatic heterocycles. The molecule has 132 valence electrons. The van der Waals surface area contributed by atoms with Crippen LogP contribution in [0.3, 0.4) is 0 Å². The number of nitrogens with zero attached hydrogens (tertiary/aromatic N) is 2. The van der Waals surface area contributed by atoms with Crippen LogP contribution in [0.15, 0.2) is 42.5 Å². The maximum Gasteiger partial charge on any atom is 0.254 e. The highest BCUT2D eigenvalue weighted by Crippen LogP contribution is 2.30. The van der Waals surface area contributed by atoms with Gasteiger partial charge in [-0.25, -0.2) is 0 Å². The monoisotopic (exact) mass is 336 g/mol. The van der Waals surface area contributed by atoms with Crippen LogP contribution < -0.4 is 0 Å². The van der Waals surface area contributed by atoms with Gasteiger partial charge in [-0.3, -0.25) is 9.69 Å². The van der Waals surface area contributed by atoms with Gasteiger partial charge in [-0.05, 0) is 55.6 Å². The normalized spacial score (nSPS) is 24.5. The Morgan fingerprint density at radius 1 is 0.960 bits per heavy atom. The topological polar surface area (TPSA) is 23.6 Å². The predicted octanol–water partition coefficient (Wildman–Crippen LogP) is 4.32. The van der Waals surface area contributed by atoms with Crippen LogP contribution in [0, 0.1) is 0 Å². The number of fused-ring (bicyclic) bond motifs is 1. The molecule has 3 heteroatoms. The molecule has 1 unspecified atom stereocenters. The number of carbonyl (C=O) groups is 1. The number of amides is 1. The lowest BCUT2D eigenvalue weighted by Crippen LogP contribution is -2.53. The molecule has 1 aliphatic carbocycles. The van der Waals surface area contributed by atoms with Gasteiger partial charge >= 0.3 is 0 Å². The molecule has 1 saturated carbocycles. The standard InChI is InChI=1S/C22H28N2O/c1-23(20-13-4-5-14-21(20)24-15-6-7-16-24)22(25)19-12-8-10-17-9-2-3-11-18(17)19/h2-3,8-12,20-21H,4-7,13-16H2,1H3/t20?,21-/m1/s1. The Kier molecular flexibility index (Phi) is 4.76. The van der Waals surface area contributed by atoms with Crippen molar-refractivity contribution in [1.82, 2.24) is 9.80 Å². The molecule has 2 aromatic rings. The summed E-state index contributed by atoms with van der Waals surface area (Å²) in [5.74, 6) is 0.174. The zero-order chi connectivity index (χ0) is 17.2. The Bertz CT molecular complexity index is 745. The third kappa shape index (κ3) is 3.18. The lowest BCUT2D eigenvalue weighted by atomic mass is 9.88. The van der Waals surface area contributed by atoms with E-state index in [9.17, 15) is 4.79 Å². The Labute approximate surface area is 150 Å². The molecule has 2 aromatic carbocycles. The largest absolute Gasteiger partial charge is 0.337 e. The van der Waals surface area contributed by atoms with Gasteiger partial charge < -0.3 is 4.90 Å². The molecule has 2 fully saturated rings. The summed E-state index contributed by atoms with van der Waals surface area (Å²) in [6, 6.07) is 15.2. The summed E-state index contributed by atoms with van der Waals surface area (Å²) in [5, 5.41) is 2.21. The Morgan fingerprint density at radius 3 is 2.52 bits per heavy atom. The fourth-order valence-corrected chi connectivity index (χ4v) is 4.80. The van der Waals surface area contributed by atoms with Crippen molar-refractivity contribution in [2.24, 2.45) is 0 Å². The van der Waals surface area contributed by atoms with E-state index in [1.165, 1.54) is 45.2 Å². The van der Waals surface area contributed by atoms with Crippen LogP contribution in [-0.2, 0) is 0 Å². The molecule has 1 saturated heterocycles. The minimum Gasteiger partial charge on any atom is -0.337 e. The van der Waals surface area contributed by atoms with Crippen molar-refractivity contribution in [1.29, 1.82) is 0 Å². The first-order chi connectivity index (χ1) is 12.3. The first-order valence-electron chi connectivity index (χ1n) is 9.74. The van der Waals surface area contributed by atoms with Crippen molar-refractivity contribution in [2.45, 2.75) is 50.6 Å².